The number of aromatic nitrogens is 1. The second kappa shape index (κ2) is 4.95. The van der Waals surface area contributed by atoms with Gasteiger partial charge in [0.05, 0.1) is 17.4 Å². The topological polar surface area (TPSA) is 52.0 Å². The quantitative estimate of drug-likeness (QED) is 0.805. The monoisotopic (exact) mass is 216 g/mol. The van der Waals surface area contributed by atoms with Gasteiger partial charge in [0.15, 0.2) is 0 Å². The number of rotatable bonds is 2. The van der Waals surface area contributed by atoms with E-state index in [1.807, 2.05) is 19.3 Å². The maximum Gasteiger partial charge on any atom is 0.101 e. The van der Waals surface area contributed by atoms with Gasteiger partial charge < -0.3 is 10.2 Å². The van der Waals surface area contributed by atoms with E-state index in [1.54, 1.807) is 6.20 Å². The number of pyridine rings is 1. The summed E-state index contributed by atoms with van der Waals surface area (Å²) in [6.45, 7) is 2.04. The Kier molecular flexibility index (Phi) is 3.37. The molecule has 0 aromatic carbocycles. The normalized spacial score (nSPS) is 20.5. The summed E-state index contributed by atoms with van der Waals surface area (Å²) >= 11 is 0. The van der Waals surface area contributed by atoms with Crippen molar-refractivity contribution in [1.82, 2.24) is 10.3 Å². The lowest BCUT2D eigenvalue weighted by Gasteiger charge is -2.34. The first-order valence-electron chi connectivity index (χ1n) is 5.61. The summed E-state index contributed by atoms with van der Waals surface area (Å²) in [6.07, 6.45) is 5.84. The molecule has 2 heterocycles. The lowest BCUT2D eigenvalue weighted by Crippen LogP contribution is -2.44. The van der Waals surface area contributed by atoms with Crippen LogP contribution < -0.4 is 10.2 Å². The molecular weight excluding hydrogens is 200 g/mol. The van der Waals surface area contributed by atoms with E-state index in [9.17, 15) is 0 Å². The van der Waals surface area contributed by atoms with Crippen LogP contribution in [0.4, 0.5) is 5.69 Å². The largest absolute Gasteiger partial charge is 0.369 e. The Morgan fingerprint density at radius 2 is 2.44 bits per heavy atom. The van der Waals surface area contributed by atoms with Crippen LogP contribution in [0.15, 0.2) is 18.5 Å². The first-order valence-corrected chi connectivity index (χ1v) is 5.61. The molecule has 1 aromatic rings. The van der Waals surface area contributed by atoms with Crippen LogP contribution in [-0.2, 0) is 0 Å². The zero-order valence-corrected chi connectivity index (χ0v) is 9.48. The zero-order chi connectivity index (χ0) is 11.4. The van der Waals surface area contributed by atoms with Gasteiger partial charge in [-0.1, -0.05) is 0 Å². The Morgan fingerprint density at radius 1 is 1.56 bits per heavy atom. The number of nitriles is 1. The maximum absolute atomic E-state index is 8.84. The molecule has 1 fully saturated rings. The molecule has 1 unspecified atom stereocenters. The maximum atomic E-state index is 8.84. The second-order valence-electron chi connectivity index (χ2n) is 4.12. The summed E-state index contributed by atoms with van der Waals surface area (Å²) in [5.41, 5.74) is 1.68. The molecule has 1 saturated heterocycles. The molecular formula is C12H16N4. The van der Waals surface area contributed by atoms with Crippen LogP contribution in [0, 0.1) is 11.3 Å². The van der Waals surface area contributed by atoms with Gasteiger partial charge in [0.2, 0.25) is 0 Å². The summed E-state index contributed by atoms with van der Waals surface area (Å²) in [7, 11) is 2.00. The van der Waals surface area contributed by atoms with Crippen molar-refractivity contribution in [3.63, 3.8) is 0 Å². The van der Waals surface area contributed by atoms with E-state index in [0.717, 1.165) is 18.8 Å². The number of anilines is 1. The number of piperidine rings is 1. The fraction of sp³-hybridized carbons (Fsp3) is 0.500. The van der Waals surface area contributed by atoms with Crippen molar-refractivity contribution in [1.29, 1.82) is 5.26 Å². The summed E-state index contributed by atoms with van der Waals surface area (Å²) in [5, 5.41) is 12.1. The van der Waals surface area contributed by atoms with E-state index in [-0.39, 0.29) is 0 Å². The number of hydrogen-bond acceptors (Lipinski definition) is 4. The predicted octanol–water partition coefficient (Wildman–Crippen LogP) is 1.14. The van der Waals surface area contributed by atoms with Crippen LogP contribution >= 0.6 is 0 Å². The summed E-state index contributed by atoms with van der Waals surface area (Å²) in [5.74, 6) is 0. The second-order valence-corrected chi connectivity index (χ2v) is 4.12. The van der Waals surface area contributed by atoms with Crippen molar-refractivity contribution >= 4 is 5.69 Å². The van der Waals surface area contributed by atoms with Crippen LogP contribution in [0.5, 0.6) is 0 Å². The molecule has 1 N–H and O–H groups in total. The molecule has 0 bridgehead atoms. The molecule has 16 heavy (non-hydrogen) atoms. The van der Waals surface area contributed by atoms with Gasteiger partial charge in [0.25, 0.3) is 0 Å². The molecule has 0 radical (unpaired) electrons. The van der Waals surface area contributed by atoms with Crippen molar-refractivity contribution in [3.05, 3.63) is 24.0 Å². The minimum atomic E-state index is 0.541. The van der Waals surface area contributed by atoms with E-state index in [0.29, 0.717) is 11.6 Å². The average Bonchev–Trinajstić information content (AvgIpc) is 2.39. The van der Waals surface area contributed by atoms with Gasteiger partial charge >= 0.3 is 0 Å². The zero-order valence-electron chi connectivity index (χ0n) is 9.48. The van der Waals surface area contributed by atoms with Crippen LogP contribution in [0.25, 0.3) is 0 Å². The van der Waals surface area contributed by atoms with Crippen molar-refractivity contribution < 1.29 is 0 Å². The Bertz CT molecular complexity index is 396. The Labute approximate surface area is 95.9 Å². The summed E-state index contributed by atoms with van der Waals surface area (Å²) in [6, 6.07) is 4.58. The fourth-order valence-electron chi connectivity index (χ4n) is 2.11. The lowest BCUT2D eigenvalue weighted by molar-refractivity contribution is 0.449. The SMILES string of the molecule is CNC1CCCN(c2cncc(C#N)c2)C1. The predicted molar refractivity (Wildman–Crippen MR) is 63.2 cm³/mol. The molecule has 1 aliphatic heterocycles. The van der Waals surface area contributed by atoms with Crippen molar-refractivity contribution in [3.8, 4) is 6.07 Å². The Morgan fingerprint density at radius 3 is 3.19 bits per heavy atom. The first-order chi connectivity index (χ1) is 7.83. The standard InChI is InChI=1S/C12H16N4/c1-14-11-3-2-4-16(9-11)12-5-10(6-13)7-15-8-12/h5,7-8,11,14H,2-4,9H2,1H3. The summed E-state index contributed by atoms with van der Waals surface area (Å²) < 4.78 is 0. The number of hydrogen-bond donors (Lipinski definition) is 1. The highest BCUT2D eigenvalue weighted by Crippen LogP contribution is 2.19. The molecule has 1 aliphatic rings. The molecule has 84 valence electrons. The van der Waals surface area contributed by atoms with Crippen molar-refractivity contribution in [2.24, 2.45) is 0 Å². The van der Waals surface area contributed by atoms with Gasteiger partial charge in [0, 0.05) is 25.3 Å². The minimum absolute atomic E-state index is 0.541. The Balaban J connectivity index is 2.14. The van der Waals surface area contributed by atoms with Crippen LogP contribution in [0.1, 0.15) is 18.4 Å². The fourth-order valence-corrected chi connectivity index (χ4v) is 2.11. The number of nitrogens with one attached hydrogen (secondary N) is 1. The van der Waals surface area contributed by atoms with E-state index in [1.165, 1.54) is 12.8 Å². The highest BCUT2D eigenvalue weighted by Gasteiger charge is 2.18. The Hall–Kier alpha value is -1.60. The van der Waals surface area contributed by atoms with Gasteiger partial charge in [-0.15, -0.1) is 0 Å². The molecule has 4 heteroatoms. The molecule has 4 nitrogen and oxygen atoms in total. The van der Waals surface area contributed by atoms with Crippen molar-refractivity contribution in [2.45, 2.75) is 18.9 Å². The van der Waals surface area contributed by atoms with Gasteiger partial charge in [-0.05, 0) is 26.0 Å². The molecule has 0 aliphatic carbocycles. The molecule has 1 aromatic heterocycles. The van der Waals surface area contributed by atoms with Crippen LogP contribution in [-0.4, -0.2) is 31.2 Å². The van der Waals surface area contributed by atoms with E-state index in [2.05, 4.69) is 21.3 Å². The average molecular weight is 216 g/mol. The van der Waals surface area contributed by atoms with E-state index >= 15 is 0 Å². The molecule has 0 spiro atoms. The molecule has 2 rings (SSSR count). The smallest absolute Gasteiger partial charge is 0.101 e. The van der Waals surface area contributed by atoms with Gasteiger partial charge in [-0.3, -0.25) is 4.98 Å². The third-order valence-electron chi connectivity index (χ3n) is 3.05. The molecule has 0 saturated carbocycles. The van der Waals surface area contributed by atoms with E-state index < -0.39 is 0 Å². The highest BCUT2D eigenvalue weighted by molar-refractivity contribution is 5.49. The van der Waals surface area contributed by atoms with Crippen LogP contribution in [0.3, 0.4) is 0 Å². The van der Waals surface area contributed by atoms with E-state index in [4.69, 9.17) is 5.26 Å². The third-order valence-corrected chi connectivity index (χ3v) is 3.05. The third kappa shape index (κ3) is 2.31. The highest BCUT2D eigenvalue weighted by atomic mass is 15.2. The summed E-state index contributed by atoms with van der Waals surface area (Å²) in [4.78, 5) is 6.39. The number of nitrogens with zero attached hydrogens (tertiary/aromatic N) is 3. The molecule has 1 atom stereocenters. The number of likely N-dealkylation sites (N-methyl/N-ethyl adjacent to an activating group) is 1. The van der Waals surface area contributed by atoms with Crippen molar-refractivity contribution in [2.75, 3.05) is 25.0 Å². The lowest BCUT2D eigenvalue weighted by atomic mass is 10.1. The van der Waals surface area contributed by atoms with Crippen LogP contribution in [0.2, 0.25) is 0 Å². The first kappa shape index (κ1) is 10.9. The van der Waals surface area contributed by atoms with Gasteiger partial charge in [-0.25, -0.2) is 0 Å². The molecule has 0 amide bonds. The van der Waals surface area contributed by atoms with Gasteiger partial charge in [-0.2, -0.15) is 5.26 Å². The van der Waals surface area contributed by atoms with Gasteiger partial charge in [0.1, 0.15) is 6.07 Å². The minimum Gasteiger partial charge on any atom is -0.369 e.